The number of methoxy groups -OCH3 is 1. The lowest BCUT2D eigenvalue weighted by Crippen LogP contribution is -2.38. The number of unbranched alkanes of at least 4 members (excludes halogenated alkanes) is 15. The summed E-state index contributed by atoms with van der Waals surface area (Å²) in [7, 11) is 8.15. The Kier molecular flexibility index (Phi) is 25.8. The first-order chi connectivity index (χ1) is 17.8. The van der Waals surface area contributed by atoms with E-state index in [1.54, 1.807) is 7.11 Å². The topological polar surface area (TPSA) is 46.2 Å². The molecule has 1 unspecified atom stereocenters. The van der Waals surface area contributed by atoms with Gasteiger partial charge in [0.2, 0.25) is 0 Å². The lowest BCUT2D eigenvalue weighted by atomic mass is 10.0. The number of ether oxygens (including phenoxy) is 5. The molecule has 0 heterocycles. The van der Waals surface area contributed by atoms with Crippen molar-refractivity contribution >= 4 is 0 Å². The Morgan fingerprint density at radius 3 is 1.41 bits per heavy atom. The van der Waals surface area contributed by atoms with Gasteiger partial charge in [0.1, 0.15) is 13.2 Å². The smallest absolute Gasteiger partial charge is 0.188 e. The lowest BCUT2D eigenvalue weighted by molar-refractivity contribution is -0.870. The van der Waals surface area contributed by atoms with E-state index in [-0.39, 0.29) is 0 Å². The van der Waals surface area contributed by atoms with E-state index >= 15 is 0 Å². The standard InChI is InChI=1S/C31H66NO5/c1-7-8-9-10-11-12-13-14-15-16-17-18-19-20-21-22-24-36-30-31(2,33-6)37-29-28-35-27-26-34-25-23-32(3,4)5/h7-30H2,1-6H3/q+1. The van der Waals surface area contributed by atoms with E-state index in [1.807, 2.05) is 6.92 Å². The van der Waals surface area contributed by atoms with Gasteiger partial charge >= 0.3 is 0 Å². The summed E-state index contributed by atoms with van der Waals surface area (Å²) in [6.45, 7) is 9.37. The van der Waals surface area contributed by atoms with Gasteiger partial charge in [-0.2, -0.15) is 0 Å². The molecule has 0 aliphatic heterocycles. The van der Waals surface area contributed by atoms with Crippen LogP contribution in [-0.2, 0) is 23.7 Å². The Morgan fingerprint density at radius 2 is 0.946 bits per heavy atom. The Morgan fingerprint density at radius 1 is 0.514 bits per heavy atom. The van der Waals surface area contributed by atoms with Crippen molar-refractivity contribution in [1.29, 1.82) is 0 Å². The largest absolute Gasteiger partial charge is 0.377 e. The average Bonchev–Trinajstić information content (AvgIpc) is 2.86. The summed E-state index contributed by atoms with van der Waals surface area (Å²) in [5.41, 5.74) is 0. The monoisotopic (exact) mass is 532 g/mol. The summed E-state index contributed by atoms with van der Waals surface area (Å²) in [4.78, 5) is 0. The molecule has 37 heavy (non-hydrogen) atoms. The van der Waals surface area contributed by atoms with E-state index < -0.39 is 5.79 Å². The molecule has 0 amide bonds. The molecule has 0 aromatic rings. The summed E-state index contributed by atoms with van der Waals surface area (Å²) in [6.07, 6.45) is 22.1. The molecule has 6 nitrogen and oxygen atoms in total. The van der Waals surface area contributed by atoms with E-state index in [0.717, 1.165) is 30.7 Å². The first-order valence-electron chi connectivity index (χ1n) is 15.6. The zero-order chi connectivity index (χ0) is 27.5. The zero-order valence-electron chi connectivity index (χ0n) is 26.0. The molecule has 0 spiro atoms. The molecule has 0 saturated carbocycles. The van der Waals surface area contributed by atoms with Gasteiger partial charge < -0.3 is 28.2 Å². The van der Waals surface area contributed by atoms with E-state index in [1.165, 1.54) is 96.3 Å². The van der Waals surface area contributed by atoms with Crippen molar-refractivity contribution in [2.45, 2.75) is 122 Å². The first kappa shape index (κ1) is 36.8. The molecule has 0 rings (SSSR count). The van der Waals surface area contributed by atoms with Crippen molar-refractivity contribution in [3.8, 4) is 0 Å². The molecule has 0 fully saturated rings. The van der Waals surface area contributed by atoms with Crippen LogP contribution in [0.3, 0.4) is 0 Å². The molecule has 0 aromatic carbocycles. The van der Waals surface area contributed by atoms with Crippen LogP contribution in [0.5, 0.6) is 0 Å². The molecule has 0 N–H and O–H groups in total. The van der Waals surface area contributed by atoms with Crippen molar-refractivity contribution in [2.75, 3.05) is 81.0 Å². The van der Waals surface area contributed by atoms with Gasteiger partial charge in [0, 0.05) is 13.7 Å². The number of rotatable bonds is 30. The predicted octanol–water partition coefficient (Wildman–Crippen LogP) is 7.38. The second kappa shape index (κ2) is 26.0. The van der Waals surface area contributed by atoms with Gasteiger partial charge in [-0.3, -0.25) is 0 Å². The fourth-order valence-corrected chi connectivity index (χ4v) is 4.15. The van der Waals surface area contributed by atoms with Crippen LogP contribution in [0.25, 0.3) is 0 Å². The maximum atomic E-state index is 5.87. The van der Waals surface area contributed by atoms with Crippen molar-refractivity contribution < 1.29 is 28.2 Å². The molecule has 0 radical (unpaired) electrons. The van der Waals surface area contributed by atoms with Crippen LogP contribution < -0.4 is 0 Å². The summed E-state index contributed by atoms with van der Waals surface area (Å²) in [5.74, 6) is -0.723. The molecule has 0 bridgehead atoms. The third-order valence-electron chi connectivity index (χ3n) is 6.85. The summed E-state index contributed by atoms with van der Waals surface area (Å²) < 4.78 is 29.4. The highest BCUT2D eigenvalue weighted by Crippen LogP contribution is 2.15. The van der Waals surface area contributed by atoms with Crippen LogP contribution in [0.15, 0.2) is 0 Å². The molecule has 6 heteroatoms. The van der Waals surface area contributed by atoms with Gasteiger partial charge in [0.25, 0.3) is 0 Å². The number of hydrogen-bond donors (Lipinski definition) is 0. The SMILES string of the molecule is CCCCCCCCCCCCCCCCCCOCC(C)(OC)OCCOCCOCC[N+](C)(C)C. The fourth-order valence-electron chi connectivity index (χ4n) is 4.15. The quantitative estimate of drug-likeness (QED) is 0.0548. The van der Waals surface area contributed by atoms with Gasteiger partial charge in [-0.1, -0.05) is 103 Å². The van der Waals surface area contributed by atoms with Crippen LogP contribution in [0.4, 0.5) is 0 Å². The second-order valence-corrected chi connectivity index (χ2v) is 11.8. The molecular formula is C31H66NO5+. The van der Waals surface area contributed by atoms with E-state index in [9.17, 15) is 0 Å². The minimum Gasteiger partial charge on any atom is -0.377 e. The number of quaternary nitrogens is 1. The normalized spacial score (nSPS) is 13.8. The van der Waals surface area contributed by atoms with E-state index in [0.29, 0.717) is 33.0 Å². The van der Waals surface area contributed by atoms with Gasteiger partial charge in [0.15, 0.2) is 5.79 Å². The highest BCUT2D eigenvalue weighted by Gasteiger charge is 2.24. The Balaban J connectivity index is 3.41. The van der Waals surface area contributed by atoms with Gasteiger partial charge in [-0.05, 0) is 13.3 Å². The van der Waals surface area contributed by atoms with Crippen molar-refractivity contribution in [3.05, 3.63) is 0 Å². The van der Waals surface area contributed by atoms with Gasteiger partial charge in [0.05, 0.1) is 54.2 Å². The maximum Gasteiger partial charge on any atom is 0.188 e. The van der Waals surface area contributed by atoms with E-state index in [2.05, 4.69) is 28.1 Å². The molecule has 0 aliphatic rings. The Labute approximate surface area is 231 Å². The average molecular weight is 533 g/mol. The highest BCUT2D eigenvalue weighted by atomic mass is 16.7. The maximum absolute atomic E-state index is 5.87. The Hall–Kier alpha value is -0.240. The van der Waals surface area contributed by atoms with E-state index in [4.69, 9.17) is 23.7 Å². The Bertz CT molecular complexity index is 457. The minimum atomic E-state index is -0.723. The zero-order valence-corrected chi connectivity index (χ0v) is 26.0. The fraction of sp³-hybridized carbons (Fsp3) is 1.00. The van der Waals surface area contributed by atoms with Crippen LogP contribution in [0.1, 0.15) is 117 Å². The third kappa shape index (κ3) is 28.6. The second-order valence-electron chi connectivity index (χ2n) is 11.8. The molecule has 0 aromatic heterocycles. The summed E-state index contributed by atoms with van der Waals surface area (Å²) in [6, 6.07) is 0. The van der Waals surface area contributed by atoms with Crippen molar-refractivity contribution in [3.63, 3.8) is 0 Å². The molecule has 0 saturated heterocycles. The van der Waals surface area contributed by atoms with Crippen molar-refractivity contribution in [2.24, 2.45) is 0 Å². The minimum absolute atomic E-state index is 0.441. The predicted molar refractivity (Wildman–Crippen MR) is 156 cm³/mol. The number of hydrogen-bond acceptors (Lipinski definition) is 5. The number of likely N-dealkylation sites (N-methyl/N-ethyl adjacent to an activating group) is 1. The van der Waals surface area contributed by atoms with Crippen LogP contribution in [0.2, 0.25) is 0 Å². The molecule has 0 aliphatic carbocycles. The highest BCUT2D eigenvalue weighted by molar-refractivity contribution is 4.61. The first-order valence-corrected chi connectivity index (χ1v) is 15.6. The van der Waals surface area contributed by atoms with Crippen molar-refractivity contribution in [1.82, 2.24) is 0 Å². The summed E-state index contributed by atoms with van der Waals surface area (Å²) >= 11 is 0. The molecule has 224 valence electrons. The molecular weight excluding hydrogens is 466 g/mol. The van der Waals surface area contributed by atoms with Gasteiger partial charge in [-0.15, -0.1) is 0 Å². The lowest BCUT2D eigenvalue weighted by Gasteiger charge is -2.28. The summed E-state index contributed by atoms with van der Waals surface area (Å²) in [5, 5.41) is 0. The number of nitrogens with zero attached hydrogens (tertiary/aromatic N) is 1. The van der Waals surface area contributed by atoms with Crippen LogP contribution in [0, 0.1) is 0 Å². The third-order valence-corrected chi connectivity index (χ3v) is 6.85. The van der Waals surface area contributed by atoms with Crippen LogP contribution >= 0.6 is 0 Å². The molecule has 1 atom stereocenters. The van der Waals surface area contributed by atoms with Gasteiger partial charge in [-0.25, -0.2) is 0 Å². The van der Waals surface area contributed by atoms with Crippen LogP contribution in [-0.4, -0.2) is 91.3 Å².